The molecule has 0 fully saturated rings. The summed E-state index contributed by atoms with van der Waals surface area (Å²) >= 11 is 0. The van der Waals surface area contributed by atoms with Gasteiger partial charge in [0.2, 0.25) is 5.91 Å². The Morgan fingerprint density at radius 1 is 0.500 bits per heavy atom. The van der Waals surface area contributed by atoms with Crippen LogP contribution in [-0.4, -0.2) is 46.1 Å². The van der Waals surface area contributed by atoms with Crippen LogP contribution in [0.25, 0.3) is 0 Å². The molecule has 0 bridgehead atoms. The van der Waals surface area contributed by atoms with Gasteiger partial charge in [0, 0.05) is 6.42 Å². The number of aliphatic hydroxyl groups excluding tert-OH is 3. The summed E-state index contributed by atoms with van der Waals surface area (Å²) in [5.74, 6) is -0.144. The molecule has 1 amide bonds. The molecule has 0 spiro atoms. The topological polar surface area (TPSA) is 89.8 Å². The van der Waals surface area contributed by atoms with Gasteiger partial charge >= 0.3 is 0 Å². The molecular weight excluding hydrogens is 522 g/mol. The van der Waals surface area contributed by atoms with Crippen LogP contribution in [0, 0.1) is 0 Å². The molecule has 5 heteroatoms. The lowest BCUT2D eigenvalue weighted by molar-refractivity contribution is -0.124. The summed E-state index contributed by atoms with van der Waals surface area (Å²) in [6.07, 6.45) is 35.0. The summed E-state index contributed by atoms with van der Waals surface area (Å²) < 4.78 is 0. The molecule has 0 aromatic rings. The van der Waals surface area contributed by atoms with Gasteiger partial charge in [-0.25, -0.2) is 0 Å². The average Bonchev–Trinajstić information content (AvgIpc) is 2.99. The number of rotatable bonds is 34. The lowest BCUT2D eigenvalue weighted by Crippen LogP contribution is -2.50. The molecule has 0 saturated heterocycles. The fourth-order valence-corrected chi connectivity index (χ4v) is 5.99. The van der Waals surface area contributed by atoms with Gasteiger partial charge in [-0.2, -0.15) is 0 Å². The van der Waals surface area contributed by atoms with E-state index in [9.17, 15) is 20.1 Å². The number of amides is 1. The van der Waals surface area contributed by atoms with Gasteiger partial charge in [0.05, 0.1) is 18.8 Å². The quantitative estimate of drug-likeness (QED) is 0.0556. The van der Waals surface area contributed by atoms with Crippen LogP contribution in [0.4, 0.5) is 0 Å². The van der Waals surface area contributed by atoms with Crippen molar-refractivity contribution in [1.82, 2.24) is 5.32 Å². The Bertz CT molecular complexity index is 544. The molecule has 0 heterocycles. The van der Waals surface area contributed by atoms with E-state index in [1.165, 1.54) is 141 Å². The Kier molecular flexibility index (Phi) is 32.7. The van der Waals surface area contributed by atoms with Crippen LogP contribution in [0.2, 0.25) is 0 Å². The molecule has 0 rings (SSSR count). The average molecular weight is 598 g/mol. The Balaban J connectivity index is 3.56. The van der Waals surface area contributed by atoms with Crippen molar-refractivity contribution in [3.8, 4) is 0 Å². The van der Waals surface area contributed by atoms with Gasteiger partial charge in [0.25, 0.3) is 0 Å². The smallest absolute Gasteiger partial charge is 0.220 e. The lowest BCUT2D eigenvalue weighted by Gasteiger charge is -2.26. The first-order chi connectivity index (χ1) is 20.6. The highest BCUT2D eigenvalue weighted by molar-refractivity contribution is 5.76. The van der Waals surface area contributed by atoms with E-state index in [-0.39, 0.29) is 12.5 Å². The molecule has 42 heavy (non-hydrogen) atoms. The molecule has 0 aliphatic heterocycles. The second-order valence-corrected chi connectivity index (χ2v) is 13.1. The summed E-state index contributed by atoms with van der Waals surface area (Å²) in [7, 11) is 0. The molecule has 0 saturated carbocycles. The maximum absolute atomic E-state index is 12.3. The van der Waals surface area contributed by atoms with Crippen molar-refractivity contribution in [1.29, 1.82) is 0 Å². The molecule has 5 nitrogen and oxygen atoms in total. The first-order valence-corrected chi connectivity index (χ1v) is 18.8. The van der Waals surface area contributed by atoms with E-state index < -0.39 is 18.2 Å². The maximum atomic E-state index is 12.3. The standard InChI is InChI=1S/C37H75NO4/c1-3-5-7-9-11-13-14-15-16-17-18-19-20-21-22-23-24-26-28-30-32-36(41)38-34(33-39)37(42)35(40)31-29-27-25-12-10-8-6-4-2/h34-35,37,39-40,42H,3-33H2,1-2H3,(H,38,41). The highest BCUT2D eigenvalue weighted by Crippen LogP contribution is 2.16. The van der Waals surface area contributed by atoms with Crippen LogP contribution < -0.4 is 5.32 Å². The molecule has 0 aliphatic rings. The van der Waals surface area contributed by atoms with Crippen molar-refractivity contribution in [2.45, 2.75) is 225 Å². The Hall–Kier alpha value is -0.650. The van der Waals surface area contributed by atoms with Gasteiger partial charge in [-0.3, -0.25) is 4.79 Å². The first kappa shape index (κ1) is 41.4. The fraction of sp³-hybridized carbons (Fsp3) is 0.973. The molecule has 0 aromatic heterocycles. The molecule has 0 aromatic carbocycles. The zero-order valence-electron chi connectivity index (χ0n) is 28.4. The third-order valence-electron chi connectivity index (χ3n) is 8.96. The van der Waals surface area contributed by atoms with Crippen molar-refractivity contribution in [2.75, 3.05) is 6.61 Å². The van der Waals surface area contributed by atoms with E-state index in [1.54, 1.807) is 0 Å². The molecule has 4 N–H and O–H groups in total. The van der Waals surface area contributed by atoms with Gasteiger partial charge in [-0.15, -0.1) is 0 Å². The number of carbonyl (C=O) groups is 1. The molecule has 3 unspecified atom stereocenters. The molecule has 0 aliphatic carbocycles. The van der Waals surface area contributed by atoms with Crippen LogP contribution in [0.1, 0.15) is 206 Å². The number of hydrogen-bond donors (Lipinski definition) is 4. The van der Waals surface area contributed by atoms with Gasteiger partial charge in [0.15, 0.2) is 0 Å². The van der Waals surface area contributed by atoms with E-state index in [1.807, 2.05) is 0 Å². The lowest BCUT2D eigenvalue weighted by atomic mass is 9.99. The van der Waals surface area contributed by atoms with Crippen LogP contribution in [0.3, 0.4) is 0 Å². The molecular formula is C37H75NO4. The number of unbranched alkanes of at least 4 members (excludes halogenated alkanes) is 26. The first-order valence-electron chi connectivity index (χ1n) is 18.8. The zero-order chi connectivity index (χ0) is 30.9. The van der Waals surface area contributed by atoms with E-state index in [0.29, 0.717) is 12.8 Å². The fourth-order valence-electron chi connectivity index (χ4n) is 5.99. The van der Waals surface area contributed by atoms with E-state index in [2.05, 4.69) is 19.2 Å². The van der Waals surface area contributed by atoms with Crippen molar-refractivity contribution in [2.24, 2.45) is 0 Å². The number of hydrogen-bond acceptors (Lipinski definition) is 4. The van der Waals surface area contributed by atoms with E-state index in [0.717, 1.165) is 38.5 Å². The number of carbonyl (C=O) groups excluding carboxylic acids is 1. The highest BCUT2D eigenvalue weighted by atomic mass is 16.3. The van der Waals surface area contributed by atoms with Crippen molar-refractivity contribution in [3.63, 3.8) is 0 Å². The van der Waals surface area contributed by atoms with Crippen LogP contribution >= 0.6 is 0 Å². The summed E-state index contributed by atoms with van der Waals surface area (Å²) in [4.78, 5) is 12.3. The third kappa shape index (κ3) is 28.1. The largest absolute Gasteiger partial charge is 0.394 e. The van der Waals surface area contributed by atoms with Crippen molar-refractivity contribution >= 4 is 5.91 Å². The minimum Gasteiger partial charge on any atom is -0.394 e. The number of nitrogens with one attached hydrogen (secondary N) is 1. The third-order valence-corrected chi connectivity index (χ3v) is 8.96. The minimum atomic E-state index is -1.13. The Labute approximate surface area is 262 Å². The summed E-state index contributed by atoms with van der Waals surface area (Å²) in [5.41, 5.74) is 0. The summed E-state index contributed by atoms with van der Waals surface area (Å²) in [6.45, 7) is 4.14. The van der Waals surface area contributed by atoms with Crippen LogP contribution in [0.15, 0.2) is 0 Å². The van der Waals surface area contributed by atoms with E-state index in [4.69, 9.17) is 0 Å². The van der Waals surface area contributed by atoms with Gasteiger partial charge in [-0.1, -0.05) is 187 Å². The van der Waals surface area contributed by atoms with Crippen LogP contribution in [0.5, 0.6) is 0 Å². The monoisotopic (exact) mass is 598 g/mol. The SMILES string of the molecule is CCCCCCCCCCCCCCCCCCCCCCC(=O)NC(CO)C(O)C(O)CCCCCCCCCC. The predicted molar refractivity (Wildman–Crippen MR) is 181 cm³/mol. The van der Waals surface area contributed by atoms with Crippen LogP contribution in [-0.2, 0) is 4.79 Å². The molecule has 0 radical (unpaired) electrons. The second-order valence-electron chi connectivity index (χ2n) is 13.1. The molecule has 252 valence electrons. The number of aliphatic hydroxyl groups is 3. The van der Waals surface area contributed by atoms with Gasteiger partial charge in [0.1, 0.15) is 6.10 Å². The zero-order valence-corrected chi connectivity index (χ0v) is 28.4. The van der Waals surface area contributed by atoms with Gasteiger partial charge in [-0.05, 0) is 12.8 Å². The van der Waals surface area contributed by atoms with Crippen molar-refractivity contribution in [3.05, 3.63) is 0 Å². The summed E-state index contributed by atoms with van der Waals surface area (Å²) in [5, 5.41) is 33.2. The maximum Gasteiger partial charge on any atom is 0.220 e. The highest BCUT2D eigenvalue weighted by Gasteiger charge is 2.26. The Morgan fingerprint density at radius 3 is 1.14 bits per heavy atom. The minimum absolute atomic E-state index is 0.144. The summed E-state index contributed by atoms with van der Waals surface area (Å²) in [6, 6.07) is -0.799. The Morgan fingerprint density at radius 2 is 0.810 bits per heavy atom. The second kappa shape index (κ2) is 33.2. The predicted octanol–water partition coefficient (Wildman–Crippen LogP) is 9.93. The van der Waals surface area contributed by atoms with Crippen molar-refractivity contribution < 1.29 is 20.1 Å². The normalized spacial score (nSPS) is 13.7. The van der Waals surface area contributed by atoms with Gasteiger partial charge < -0.3 is 20.6 Å². The van der Waals surface area contributed by atoms with E-state index >= 15 is 0 Å². The molecule has 3 atom stereocenters.